The van der Waals surface area contributed by atoms with Gasteiger partial charge in [0.25, 0.3) is 0 Å². The van der Waals surface area contributed by atoms with E-state index in [9.17, 15) is 0 Å². The lowest BCUT2D eigenvalue weighted by atomic mass is 9.70. The zero-order valence-electron chi connectivity index (χ0n) is 21.0. The Morgan fingerprint density at radius 2 is 0.553 bits per heavy atom. The first-order valence-electron chi connectivity index (χ1n) is 13.1. The van der Waals surface area contributed by atoms with Crippen LogP contribution in [0.25, 0.3) is 22.3 Å². The summed E-state index contributed by atoms with van der Waals surface area (Å²) in [5, 5.41) is 2.79. The number of hydrogen-bond donors (Lipinski definition) is 0. The van der Waals surface area contributed by atoms with Crippen molar-refractivity contribution in [2.45, 2.75) is 5.41 Å². The van der Waals surface area contributed by atoms with Gasteiger partial charge < -0.3 is 0 Å². The van der Waals surface area contributed by atoms with Gasteiger partial charge in [-0.15, -0.1) is 0 Å². The molecule has 0 unspecified atom stereocenters. The molecule has 0 heterocycles. The van der Waals surface area contributed by atoms with Crippen LogP contribution in [0.15, 0.2) is 158 Å². The Morgan fingerprint density at radius 3 is 0.868 bits per heavy atom. The van der Waals surface area contributed by atoms with Crippen LogP contribution in [0.1, 0.15) is 22.3 Å². The fourth-order valence-electron chi connectivity index (χ4n) is 6.26. The molecule has 0 aliphatic heterocycles. The molecule has 2 aliphatic rings. The second kappa shape index (κ2) is 9.56. The smallest absolute Gasteiger partial charge is 0.0622 e. The summed E-state index contributed by atoms with van der Waals surface area (Å²) in [6, 6.07) is 56.8. The predicted molar refractivity (Wildman–Crippen MR) is 163 cm³/mol. The summed E-state index contributed by atoms with van der Waals surface area (Å²) < 4.78 is 0. The zero-order valence-corrected chi connectivity index (χ0v) is 22.0. The van der Waals surface area contributed by atoms with Crippen LogP contribution < -0.4 is 10.6 Å². The highest BCUT2D eigenvalue weighted by Gasteiger charge is 2.51. The van der Waals surface area contributed by atoms with Gasteiger partial charge in [-0.05, 0) is 55.1 Å². The van der Waals surface area contributed by atoms with Crippen molar-refractivity contribution in [2.24, 2.45) is 0 Å². The molecule has 0 saturated carbocycles. The minimum Gasteiger partial charge on any atom is -0.0622 e. The number of rotatable bonds is 2. The molecule has 6 aromatic carbocycles. The fraction of sp³-hybridized carbons (Fsp3) is 0.0270. The molecule has 0 nitrogen and oxygen atoms in total. The molecule has 0 bridgehead atoms. The largest absolute Gasteiger partial charge is 0.0725 e. The molecule has 8 rings (SSSR count). The van der Waals surface area contributed by atoms with E-state index in [1.165, 1.54) is 55.1 Å². The predicted octanol–water partition coefficient (Wildman–Crippen LogP) is 8.35. The molecule has 2 aliphatic carbocycles. The molecule has 0 saturated heterocycles. The van der Waals surface area contributed by atoms with Crippen molar-refractivity contribution in [3.63, 3.8) is 0 Å². The van der Waals surface area contributed by atoms with Gasteiger partial charge in [-0.2, -0.15) is 0 Å². The van der Waals surface area contributed by atoms with Crippen molar-refractivity contribution in [1.82, 2.24) is 0 Å². The summed E-state index contributed by atoms with van der Waals surface area (Å²) in [6.07, 6.45) is 0. The van der Waals surface area contributed by atoms with E-state index in [2.05, 4.69) is 158 Å². The van der Waals surface area contributed by atoms with Gasteiger partial charge in [-0.3, -0.25) is 0 Å². The molecule has 0 aromatic heterocycles. The molecule has 0 N–H and O–H groups in total. The van der Waals surface area contributed by atoms with Crippen LogP contribution in [0.5, 0.6) is 0 Å². The quantitative estimate of drug-likeness (QED) is 0.208. The highest BCUT2D eigenvalue weighted by atomic mass is 31.1. The standard InChI is InChI=1S/C25H16.C12H11P/c1-5-13-21-17(9-1)18-10-2-6-14-22(18)25(21)23-15-7-3-11-19(23)20-12-4-8-16-24(20)25;1-3-7-11(8-4-1)13-12-9-5-2-6-10-12/h1-16H;1-10,13H. The lowest BCUT2D eigenvalue weighted by molar-refractivity contribution is 0.794. The van der Waals surface area contributed by atoms with Crippen molar-refractivity contribution < 1.29 is 0 Å². The van der Waals surface area contributed by atoms with Crippen molar-refractivity contribution in [1.29, 1.82) is 0 Å². The van der Waals surface area contributed by atoms with Gasteiger partial charge in [0.05, 0.1) is 5.41 Å². The Kier molecular flexibility index (Phi) is 5.77. The van der Waals surface area contributed by atoms with Crippen LogP contribution in [0.2, 0.25) is 0 Å². The van der Waals surface area contributed by atoms with Crippen LogP contribution in [0.4, 0.5) is 0 Å². The molecule has 0 atom stereocenters. The highest BCUT2D eigenvalue weighted by molar-refractivity contribution is 7.55. The van der Waals surface area contributed by atoms with E-state index >= 15 is 0 Å². The van der Waals surface area contributed by atoms with Gasteiger partial charge in [0, 0.05) is 0 Å². The van der Waals surface area contributed by atoms with Crippen molar-refractivity contribution >= 4 is 19.2 Å². The summed E-state index contributed by atoms with van der Waals surface area (Å²) in [4.78, 5) is 0. The zero-order chi connectivity index (χ0) is 25.4. The second-order valence-electron chi connectivity index (χ2n) is 9.79. The van der Waals surface area contributed by atoms with E-state index in [0.717, 1.165) is 8.58 Å². The molecule has 0 amide bonds. The molecule has 180 valence electrons. The maximum absolute atomic E-state index is 2.31. The highest BCUT2D eigenvalue weighted by Crippen LogP contribution is 2.62. The van der Waals surface area contributed by atoms with Crippen LogP contribution in [0.3, 0.4) is 0 Å². The first-order chi connectivity index (χ1) is 18.9. The Labute approximate surface area is 226 Å². The van der Waals surface area contributed by atoms with Crippen LogP contribution in [-0.4, -0.2) is 0 Å². The molecule has 1 heteroatoms. The maximum atomic E-state index is 2.31. The average molecular weight is 503 g/mol. The molecule has 1 spiro atoms. The minimum atomic E-state index is -0.180. The van der Waals surface area contributed by atoms with Crippen molar-refractivity contribution in [2.75, 3.05) is 0 Å². The SMILES string of the molecule is c1ccc(Pc2ccccc2)cc1.c1ccc2c(c1)-c1ccccc1C21c2ccccc2-c2ccccc21. The third-order valence-corrected chi connectivity index (χ3v) is 8.98. The van der Waals surface area contributed by atoms with E-state index in [-0.39, 0.29) is 5.41 Å². The number of benzene rings is 6. The lowest BCUT2D eigenvalue weighted by Gasteiger charge is -2.30. The Morgan fingerprint density at radius 1 is 0.289 bits per heavy atom. The summed E-state index contributed by atoms with van der Waals surface area (Å²) in [6.45, 7) is 0. The second-order valence-corrected chi connectivity index (χ2v) is 11.2. The monoisotopic (exact) mass is 502 g/mol. The third-order valence-electron chi connectivity index (χ3n) is 7.74. The van der Waals surface area contributed by atoms with Gasteiger partial charge in [0.2, 0.25) is 0 Å². The average Bonchev–Trinajstić information content (AvgIpc) is 3.46. The number of fused-ring (bicyclic) bond motifs is 10. The summed E-state index contributed by atoms with van der Waals surface area (Å²) in [7, 11) is 0.777. The van der Waals surface area contributed by atoms with Crippen LogP contribution in [-0.2, 0) is 5.41 Å². The molecular formula is C37H27P. The van der Waals surface area contributed by atoms with E-state index < -0.39 is 0 Å². The van der Waals surface area contributed by atoms with E-state index in [0.29, 0.717) is 0 Å². The van der Waals surface area contributed by atoms with Gasteiger partial charge in [-0.1, -0.05) is 166 Å². The Bertz CT molecular complexity index is 1510. The summed E-state index contributed by atoms with van der Waals surface area (Å²) >= 11 is 0. The molecule has 6 aromatic rings. The Balaban J connectivity index is 0.000000158. The minimum absolute atomic E-state index is 0.180. The topological polar surface area (TPSA) is 0 Å². The molecular weight excluding hydrogens is 475 g/mol. The lowest BCUT2D eigenvalue weighted by Crippen LogP contribution is -2.25. The first kappa shape index (κ1) is 22.9. The van der Waals surface area contributed by atoms with Gasteiger partial charge in [0.1, 0.15) is 0 Å². The third kappa shape index (κ3) is 3.57. The van der Waals surface area contributed by atoms with Crippen LogP contribution >= 0.6 is 8.58 Å². The van der Waals surface area contributed by atoms with Gasteiger partial charge in [-0.25, -0.2) is 0 Å². The van der Waals surface area contributed by atoms with E-state index in [1.807, 2.05) is 0 Å². The van der Waals surface area contributed by atoms with Gasteiger partial charge >= 0.3 is 0 Å². The van der Waals surface area contributed by atoms with Gasteiger partial charge in [0.15, 0.2) is 0 Å². The molecule has 0 fully saturated rings. The van der Waals surface area contributed by atoms with E-state index in [4.69, 9.17) is 0 Å². The van der Waals surface area contributed by atoms with Crippen molar-refractivity contribution in [3.8, 4) is 22.3 Å². The van der Waals surface area contributed by atoms with Crippen LogP contribution in [0, 0.1) is 0 Å². The fourth-order valence-corrected chi connectivity index (χ4v) is 7.31. The first-order valence-corrected chi connectivity index (χ1v) is 14.1. The number of hydrogen-bond acceptors (Lipinski definition) is 0. The Hall–Kier alpha value is -4.25. The molecule has 38 heavy (non-hydrogen) atoms. The molecule has 0 radical (unpaired) electrons. The maximum Gasteiger partial charge on any atom is 0.0725 e. The van der Waals surface area contributed by atoms with Crippen molar-refractivity contribution in [3.05, 3.63) is 180 Å². The summed E-state index contributed by atoms with van der Waals surface area (Å²) in [5.41, 5.74) is 10.9. The normalized spacial score (nSPS) is 13.1. The van der Waals surface area contributed by atoms with E-state index in [1.54, 1.807) is 0 Å². The summed E-state index contributed by atoms with van der Waals surface area (Å²) in [5.74, 6) is 0.